The quantitative estimate of drug-likeness (QED) is 0.520. The van der Waals surface area contributed by atoms with Gasteiger partial charge in [0.25, 0.3) is 0 Å². The van der Waals surface area contributed by atoms with E-state index in [1.165, 1.54) is 10.2 Å². The van der Waals surface area contributed by atoms with E-state index in [4.69, 9.17) is 0 Å². The van der Waals surface area contributed by atoms with Crippen molar-refractivity contribution in [2.75, 3.05) is 0 Å². The van der Waals surface area contributed by atoms with Crippen LogP contribution >= 0.6 is 11.3 Å². The van der Waals surface area contributed by atoms with E-state index >= 15 is 0 Å². The number of pyridine rings is 1. The normalized spacial score (nSPS) is 12.6. The molecular weight excluding hydrogens is 256 g/mol. The Hall–Kier alpha value is -2.27. The number of benzene rings is 1. The monoisotopic (exact) mass is 268 g/mol. The van der Waals surface area contributed by atoms with Gasteiger partial charge in [-0.25, -0.2) is 0 Å². The summed E-state index contributed by atoms with van der Waals surface area (Å²) in [5.74, 6) is 0. The summed E-state index contributed by atoms with van der Waals surface area (Å²) in [4.78, 5) is 4.90. The van der Waals surface area contributed by atoms with Gasteiger partial charge in [-0.1, -0.05) is 29.5 Å². The third-order valence-electron chi connectivity index (χ3n) is 2.75. The molecule has 0 aliphatic carbocycles. The molecule has 3 aromatic rings. The average molecular weight is 268 g/mol. The number of rotatable bonds is 2. The second kappa shape index (κ2) is 5.16. The lowest BCUT2D eigenvalue weighted by atomic mass is 10.3. The first-order chi connectivity index (χ1) is 9.34. The van der Waals surface area contributed by atoms with Crippen LogP contribution in [0.4, 0.5) is 0 Å². The van der Waals surface area contributed by atoms with E-state index in [1.54, 1.807) is 29.9 Å². The standard InChI is InChI=1S/C14H12N4S/c1-18-12-6-2-3-7-13(12)19-14(18)17-16-10-11-5-4-8-15-9-11/h2-10H,1H3/b16-10-,17-14-. The lowest BCUT2D eigenvalue weighted by Crippen LogP contribution is -2.08. The number of nitrogens with zero attached hydrogens (tertiary/aromatic N) is 4. The van der Waals surface area contributed by atoms with Crippen molar-refractivity contribution in [1.29, 1.82) is 0 Å². The van der Waals surface area contributed by atoms with Gasteiger partial charge in [-0.05, 0) is 18.2 Å². The lowest BCUT2D eigenvalue weighted by Gasteiger charge is -1.92. The zero-order chi connectivity index (χ0) is 13.1. The molecule has 3 rings (SSSR count). The van der Waals surface area contributed by atoms with Crippen LogP contribution in [0.2, 0.25) is 0 Å². The molecule has 2 heterocycles. The van der Waals surface area contributed by atoms with E-state index < -0.39 is 0 Å². The molecule has 19 heavy (non-hydrogen) atoms. The largest absolute Gasteiger partial charge is 0.318 e. The Labute approximate surface area is 114 Å². The highest BCUT2D eigenvalue weighted by Crippen LogP contribution is 2.14. The molecule has 0 saturated heterocycles. The van der Waals surface area contributed by atoms with Crippen molar-refractivity contribution in [1.82, 2.24) is 9.55 Å². The molecule has 0 aliphatic rings. The first kappa shape index (κ1) is 11.8. The van der Waals surface area contributed by atoms with Crippen molar-refractivity contribution in [2.45, 2.75) is 0 Å². The second-order valence-corrected chi connectivity index (χ2v) is 5.05. The van der Waals surface area contributed by atoms with Gasteiger partial charge < -0.3 is 4.57 Å². The number of hydrogen-bond donors (Lipinski definition) is 0. The zero-order valence-corrected chi connectivity index (χ0v) is 11.2. The number of fused-ring (bicyclic) bond motifs is 1. The van der Waals surface area contributed by atoms with Crippen LogP contribution in [-0.2, 0) is 7.05 Å². The molecule has 0 unspecified atom stereocenters. The summed E-state index contributed by atoms with van der Waals surface area (Å²) in [6, 6.07) is 12.0. The summed E-state index contributed by atoms with van der Waals surface area (Å²) in [6.45, 7) is 0. The maximum absolute atomic E-state index is 4.26. The van der Waals surface area contributed by atoms with E-state index in [-0.39, 0.29) is 0 Å². The molecule has 0 radical (unpaired) electrons. The predicted molar refractivity (Wildman–Crippen MR) is 78.2 cm³/mol. The van der Waals surface area contributed by atoms with Gasteiger partial charge in [0.2, 0.25) is 4.80 Å². The van der Waals surface area contributed by atoms with Crippen molar-refractivity contribution in [3.05, 3.63) is 59.2 Å². The molecule has 0 fully saturated rings. The van der Waals surface area contributed by atoms with Gasteiger partial charge in [-0.2, -0.15) is 5.10 Å². The van der Waals surface area contributed by atoms with Crippen molar-refractivity contribution in [3.8, 4) is 0 Å². The molecule has 1 aromatic carbocycles. The fourth-order valence-corrected chi connectivity index (χ4v) is 2.75. The topological polar surface area (TPSA) is 42.5 Å². The van der Waals surface area contributed by atoms with Crippen LogP contribution in [0.5, 0.6) is 0 Å². The molecule has 94 valence electrons. The average Bonchev–Trinajstić information content (AvgIpc) is 2.78. The van der Waals surface area contributed by atoms with Gasteiger partial charge in [0, 0.05) is 25.0 Å². The summed E-state index contributed by atoms with van der Waals surface area (Å²) in [6.07, 6.45) is 5.20. The van der Waals surface area contributed by atoms with E-state index in [0.717, 1.165) is 10.4 Å². The van der Waals surface area contributed by atoms with Crippen LogP contribution in [0, 0.1) is 0 Å². The molecule has 2 aromatic heterocycles. The Kier molecular flexibility index (Phi) is 3.20. The van der Waals surface area contributed by atoms with Gasteiger partial charge >= 0.3 is 0 Å². The smallest absolute Gasteiger partial charge is 0.211 e. The summed E-state index contributed by atoms with van der Waals surface area (Å²) in [5.41, 5.74) is 2.11. The highest BCUT2D eigenvalue weighted by Gasteiger charge is 2.00. The van der Waals surface area contributed by atoms with E-state index in [9.17, 15) is 0 Å². The molecule has 0 amide bonds. The maximum Gasteiger partial charge on any atom is 0.211 e. The Morgan fingerprint density at radius 2 is 2.11 bits per heavy atom. The number of aryl methyl sites for hydroxylation is 1. The number of aromatic nitrogens is 2. The molecule has 0 aliphatic heterocycles. The first-order valence-corrected chi connectivity index (χ1v) is 6.68. The van der Waals surface area contributed by atoms with Gasteiger partial charge in [0.05, 0.1) is 16.4 Å². The van der Waals surface area contributed by atoms with Crippen LogP contribution in [0.25, 0.3) is 10.2 Å². The van der Waals surface area contributed by atoms with E-state index in [0.29, 0.717) is 0 Å². The molecular formula is C14H12N4S. The second-order valence-electron chi connectivity index (χ2n) is 4.04. The Morgan fingerprint density at radius 1 is 1.21 bits per heavy atom. The summed E-state index contributed by atoms with van der Waals surface area (Å²) in [5, 5.41) is 8.38. The first-order valence-electron chi connectivity index (χ1n) is 5.86. The third-order valence-corrected chi connectivity index (χ3v) is 3.85. The van der Waals surface area contributed by atoms with Crippen LogP contribution < -0.4 is 4.80 Å². The van der Waals surface area contributed by atoms with Crippen LogP contribution in [0.15, 0.2) is 59.0 Å². The van der Waals surface area contributed by atoms with Crippen molar-refractivity contribution < 1.29 is 0 Å². The molecule has 5 heteroatoms. The highest BCUT2D eigenvalue weighted by atomic mass is 32.1. The van der Waals surface area contributed by atoms with Crippen molar-refractivity contribution in [2.24, 2.45) is 17.3 Å². The molecule has 0 saturated carbocycles. The van der Waals surface area contributed by atoms with Crippen molar-refractivity contribution >= 4 is 27.8 Å². The predicted octanol–water partition coefficient (Wildman–Crippen LogP) is 2.57. The zero-order valence-electron chi connectivity index (χ0n) is 10.4. The summed E-state index contributed by atoms with van der Waals surface area (Å²) >= 11 is 1.63. The summed E-state index contributed by atoms with van der Waals surface area (Å²) < 4.78 is 3.25. The Morgan fingerprint density at radius 3 is 2.89 bits per heavy atom. The highest BCUT2D eigenvalue weighted by molar-refractivity contribution is 7.16. The molecule has 0 atom stereocenters. The minimum Gasteiger partial charge on any atom is -0.318 e. The SMILES string of the molecule is Cn1/c(=N/N=C\c2cccnc2)sc2ccccc21. The fraction of sp³-hybridized carbons (Fsp3) is 0.0714. The van der Waals surface area contributed by atoms with E-state index in [1.807, 2.05) is 35.9 Å². The van der Waals surface area contributed by atoms with Crippen LogP contribution in [-0.4, -0.2) is 15.8 Å². The molecule has 4 nitrogen and oxygen atoms in total. The maximum atomic E-state index is 4.26. The van der Waals surface area contributed by atoms with Gasteiger partial charge in [0.1, 0.15) is 0 Å². The summed E-state index contributed by atoms with van der Waals surface area (Å²) in [7, 11) is 2.00. The van der Waals surface area contributed by atoms with Crippen LogP contribution in [0.1, 0.15) is 5.56 Å². The van der Waals surface area contributed by atoms with E-state index in [2.05, 4.69) is 27.3 Å². The van der Waals surface area contributed by atoms with Gasteiger partial charge in [-0.15, -0.1) is 5.10 Å². The van der Waals surface area contributed by atoms with Gasteiger partial charge in [0.15, 0.2) is 0 Å². The number of thiazole rings is 1. The molecule has 0 spiro atoms. The minimum atomic E-state index is 0.876. The Balaban J connectivity index is 1.98. The van der Waals surface area contributed by atoms with Gasteiger partial charge in [-0.3, -0.25) is 4.98 Å². The fourth-order valence-electron chi connectivity index (χ4n) is 1.78. The Bertz CT molecular complexity index is 784. The van der Waals surface area contributed by atoms with Crippen molar-refractivity contribution in [3.63, 3.8) is 0 Å². The lowest BCUT2D eigenvalue weighted by molar-refractivity contribution is 0.889. The van der Waals surface area contributed by atoms with Crippen LogP contribution in [0.3, 0.4) is 0 Å². The molecule has 0 N–H and O–H groups in total. The minimum absolute atomic E-state index is 0.876. The molecule has 0 bridgehead atoms. The third kappa shape index (κ3) is 2.46. The number of para-hydroxylation sites is 1. The number of hydrogen-bond acceptors (Lipinski definition) is 4.